The van der Waals surface area contributed by atoms with Crippen molar-refractivity contribution in [2.75, 3.05) is 19.6 Å². The van der Waals surface area contributed by atoms with E-state index in [0.29, 0.717) is 18.7 Å². The summed E-state index contributed by atoms with van der Waals surface area (Å²) in [4.78, 5) is 29.5. The van der Waals surface area contributed by atoms with Crippen LogP contribution in [0.5, 0.6) is 0 Å². The van der Waals surface area contributed by atoms with Gasteiger partial charge in [-0.15, -0.1) is 12.4 Å². The van der Waals surface area contributed by atoms with Gasteiger partial charge in [0.25, 0.3) is 5.91 Å². The van der Waals surface area contributed by atoms with Crippen LogP contribution in [0.2, 0.25) is 0 Å². The second-order valence-electron chi connectivity index (χ2n) is 6.85. The first-order valence-corrected chi connectivity index (χ1v) is 8.44. The fourth-order valence-electron chi connectivity index (χ4n) is 3.78. The van der Waals surface area contributed by atoms with Crippen LogP contribution >= 0.6 is 12.4 Å². The molecule has 6 heteroatoms. The van der Waals surface area contributed by atoms with E-state index >= 15 is 0 Å². The van der Waals surface area contributed by atoms with Crippen LogP contribution in [0.25, 0.3) is 0 Å². The summed E-state index contributed by atoms with van der Waals surface area (Å²) >= 11 is 0. The number of amides is 2. The molecule has 132 valence electrons. The molecule has 0 aliphatic carbocycles. The number of hydrogen-bond acceptors (Lipinski definition) is 3. The molecule has 0 radical (unpaired) electrons. The molecule has 2 unspecified atom stereocenters. The van der Waals surface area contributed by atoms with Crippen LogP contribution in [0.15, 0.2) is 30.3 Å². The highest BCUT2D eigenvalue weighted by molar-refractivity contribution is 5.99. The standard InChI is InChI=1S/C18H25N3O2.ClH/c1-18(17(23)20-11-5-9-15(19)13-20)10-6-12-21(18)16(22)14-7-3-2-4-8-14;/h2-4,7-8,15H,5-6,9-13,19H2,1H3;1H. The average molecular weight is 352 g/mol. The first-order valence-electron chi connectivity index (χ1n) is 8.44. The van der Waals surface area contributed by atoms with Crippen LogP contribution in [-0.4, -0.2) is 52.8 Å². The minimum absolute atomic E-state index is 0. The van der Waals surface area contributed by atoms with Crippen molar-refractivity contribution < 1.29 is 9.59 Å². The number of nitrogens with zero attached hydrogens (tertiary/aromatic N) is 2. The molecule has 1 aromatic carbocycles. The van der Waals surface area contributed by atoms with E-state index in [1.807, 2.05) is 42.2 Å². The number of carbonyl (C=O) groups is 2. The Balaban J connectivity index is 0.00000208. The third kappa shape index (κ3) is 3.42. The molecule has 2 heterocycles. The quantitative estimate of drug-likeness (QED) is 0.886. The molecule has 2 fully saturated rings. The van der Waals surface area contributed by atoms with Crippen molar-refractivity contribution in [3.8, 4) is 0 Å². The lowest BCUT2D eigenvalue weighted by molar-refractivity contribution is -0.142. The predicted molar refractivity (Wildman–Crippen MR) is 96.2 cm³/mol. The molecule has 2 saturated heterocycles. The number of benzene rings is 1. The van der Waals surface area contributed by atoms with Crippen LogP contribution in [-0.2, 0) is 4.79 Å². The van der Waals surface area contributed by atoms with Gasteiger partial charge in [-0.05, 0) is 44.7 Å². The van der Waals surface area contributed by atoms with Gasteiger partial charge in [0.1, 0.15) is 5.54 Å². The summed E-state index contributed by atoms with van der Waals surface area (Å²) in [6, 6.07) is 9.26. The number of rotatable bonds is 2. The second kappa shape index (κ2) is 7.53. The first kappa shape index (κ1) is 18.7. The summed E-state index contributed by atoms with van der Waals surface area (Å²) in [5, 5.41) is 0. The summed E-state index contributed by atoms with van der Waals surface area (Å²) in [5.41, 5.74) is 5.91. The second-order valence-corrected chi connectivity index (χ2v) is 6.85. The van der Waals surface area contributed by atoms with E-state index in [0.717, 1.165) is 32.2 Å². The maximum absolute atomic E-state index is 13.1. The lowest BCUT2D eigenvalue weighted by Crippen LogP contribution is -2.59. The number of likely N-dealkylation sites (tertiary alicyclic amines) is 2. The van der Waals surface area contributed by atoms with Gasteiger partial charge in [-0.3, -0.25) is 9.59 Å². The molecule has 0 aromatic heterocycles. The van der Waals surface area contributed by atoms with Gasteiger partial charge in [0.05, 0.1) is 0 Å². The molecule has 3 rings (SSSR count). The molecule has 24 heavy (non-hydrogen) atoms. The monoisotopic (exact) mass is 351 g/mol. The van der Waals surface area contributed by atoms with Crippen molar-refractivity contribution in [1.29, 1.82) is 0 Å². The van der Waals surface area contributed by atoms with E-state index in [-0.39, 0.29) is 30.3 Å². The van der Waals surface area contributed by atoms with Crippen molar-refractivity contribution in [2.24, 2.45) is 5.73 Å². The Hall–Kier alpha value is -1.59. The summed E-state index contributed by atoms with van der Waals surface area (Å²) in [6.07, 6.45) is 3.49. The Kier molecular flexibility index (Phi) is 5.88. The molecule has 0 saturated carbocycles. The minimum atomic E-state index is -0.746. The van der Waals surface area contributed by atoms with Gasteiger partial charge in [-0.1, -0.05) is 18.2 Å². The molecule has 0 spiro atoms. The van der Waals surface area contributed by atoms with Crippen molar-refractivity contribution in [2.45, 2.75) is 44.2 Å². The maximum Gasteiger partial charge on any atom is 0.254 e. The van der Waals surface area contributed by atoms with Gasteiger partial charge in [0.2, 0.25) is 5.91 Å². The molecule has 1 aromatic rings. The van der Waals surface area contributed by atoms with E-state index in [4.69, 9.17) is 5.73 Å². The smallest absolute Gasteiger partial charge is 0.254 e. The topological polar surface area (TPSA) is 66.6 Å². The summed E-state index contributed by atoms with van der Waals surface area (Å²) in [6.45, 7) is 3.89. The zero-order valence-corrected chi connectivity index (χ0v) is 14.9. The van der Waals surface area contributed by atoms with Gasteiger partial charge in [0, 0.05) is 31.2 Å². The zero-order chi connectivity index (χ0) is 16.4. The maximum atomic E-state index is 13.1. The molecule has 2 N–H and O–H groups in total. The van der Waals surface area contributed by atoms with Gasteiger partial charge in [-0.25, -0.2) is 0 Å². The van der Waals surface area contributed by atoms with E-state index in [1.165, 1.54) is 0 Å². The van der Waals surface area contributed by atoms with Crippen molar-refractivity contribution in [3.05, 3.63) is 35.9 Å². The Morgan fingerprint density at radius 3 is 2.54 bits per heavy atom. The fourth-order valence-corrected chi connectivity index (χ4v) is 3.78. The van der Waals surface area contributed by atoms with E-state index < -0.39 is 5.54 Å². The highest BCUT2D eigenvalue weighted by Gasteiger charge is 2.48. The van der Waals surface area contributed by atoms with Crippen LogP contribution in [0, 0.1) is 0 Å². The van der Waals surface area contributed by atoms with E-state index in [9.17, 15) is 9.59 Å². The molecule has 2 amide bonds. The lowest BCUT2D eigenvalue weighted by atomic mass is 9.94. The van der Waals surface area contributed by atoms with Crippen LogP contribution in [0.1, 0.15) is 43.0 Å². The fraction of sp³-hybridized carbons (Fsp3) is 0.556. The van der Waals surface area contributed by atoms with E-state index in [2.05, 4.69) is 0 Å². The van der Waals surface area contributed by atoms with Gasteiger partial charge in [-0.2, -0.15) is 0 Å². The van der Waals surface area contributed by atoms with Crippen LogP contribution in [0.4, 0.5) is 0 Å². The molecule has 2 aliphatic heterocycles. The summed E-state index contributed by atoms with van der Waals surface area (Å²) in [5.74, 6) is -0.00492. The van der Waals surface area contributed by atoms with Crippen LogP contribution < -0.4 is 5.73 Å². The number of halogens is 1. The number of piperidine rings is 1. The SMILES string of the molecule is CC1(C(=O)N2CCCC(N)C2)CCCN1C(=O)c1ccccc1.Cl. The van der Waals surface area contributed by atoms with Gasteiger partial charge in [0.15, 0.2) is 0 Å². The highest BCUT2D eigenvalue weighted by Crippen LogP contribution is 2.33. The Morgan fingerprint density at radius 1 is 1.17 bits per heavy atom. The molecule has 2 atom stereocenters. The number of hydrogen-bond donors (Lipinski definition) is 1. The first-order chi connectivity index (χ1) is 11.0. The molecule has 5 nitrogen and oxygen atoms in total. The molecule has 0 bridgehead atoms. The largest absolute Gasteiger partial charge is 0.339 e. The summed E-state index contributed by atoms with van der Waals surface area (Å²) in [7, 11) is 0. The van der Waals surface area contributed by atoms with Gasteiger partial charge < -0.3 is 15.5 Å². The molecular formula is C18H26ClN3O2. The minimum Gasteiger partial charge on any atom is -0.339 e. The Bertz CT molecular complexity index is 595. The van der Waals surface area contributed by atoms with Crippen molar-refractivity contribution in [3.63, 3.8) is 0 Å². The Morgan fingerprint density at radius 2 is 1.88 bits per heavy atom. The van der Waals surface area contributed by atoms with Gasteiger partial charge >= 0.3 is 0 Å². The zero-order valence-electron chi connectivity index (χ0n) is 14.1. The van der Waals surface area contributed by atoms with Crippen molar-refractivity contribution in [1.82, 2.24) is 9.80 Å². The lowest BCUT2D eigenvalue weighted by Gasteiger charge is -2.40. The van der Waals surface area contributed by atoms with Crippen LogP contribution in [0.3, 0.4) is 0 Å². The number of carbonyl (C=O) groups excluding carboxylic acids is 2. The molecule has 2 aliphatic rings. The third-order valence-corrected chi connectivity index (χ3v) is 5.11. The predicted octanol–water partition coefficient (Wildman–Crippen LogP) is 2.05. The normalized spacial score (nSPS) is 26.8. The average Bonchev–Trinajstić information content (AvgIpc) is 2.97. The molecular weight excluding hydrogens is 326 g/mol. The Labute approximate surface area is 149 Å². The van der Waals surface area contributed by atoms with E-state index in [1.54, 1.807) is 4.90 Å². The summed E-state index contributed by atoms with van der Waals surface area (Å²) < 4.78 is 0. The van der Waals surface area contributed by atoms with Crippen molar-refractivity contribution >= 4 is 24.2 Å². The highest BCUT2D eigenvalue weighted by atomic mass is 35.5. The number of nitrogens with two attached hydrogens (primary N) is 1. The third-order valence-electron chi connectivity index (χ3n) is 5.11.